The zero-order chi connectivity index (χ0) is 14.6. The molecule has 0 spiro atoms. The van der Waals surface area contributed by atoms with Gasteiger partial charge in [-0.1, -0.05) is 32.9 Å². The summed E-state index contributed by atoms with van der Waals surface area (Å²) in [5.74, 6) is -0.103. The molecule has 1 aromatic rings. The van der Waals surface area contributed by atoms with Crippen LogP contribution >= 0.6 is 0 Å². The van der Waals surface area contributed by atoms with Crippen LogP contribution in [0.15, 0.2) is 24.3 Å². The maximum absolute atomic E-state index is 11.9. The summed E-state index contributed by atoms with van der Waals surface area (Å²) in [6.07, 6.45) is 0. The van der Waals surface area contributed by atoms with Gasteiger partial charge in [-0.3, -0.25) is 9.59 Å². The third-order valence-electron chi connectivity index (χ3n) is 2.74. The molecule has 0 saturated carbocycles. The number of carbonyl (C=O) groups excluding carboxylic acids is 2. The predicted octanol–water partition coefficient (Wildman–Crippen LogP) is 2.87. The summed E-state index contributed by atoms with van der Waals surface area (Å²) in [4.78, 5) is 23.0. The van der Waals surface area contributed by atoms with E-state index in [-0.39, 0.29) is 17.9 Å². The fraction of sp³-hybridized carbons (Fsp3) is 0.467. The number of nitrogens with one attached hydrogen (secondary N) is 2. The van der Waals surface area contributed by atoms with Crippen LogP contribution in [0.5, 0.6) is 0 Å². The maximum atomic E-state index is 11.9. The molecule has 0 aliphatic rings. The SMILES string of the molecule is CC(=O)Nc1cccc(C(C)NC(=O)C(C)(C)C)c1. The monoisotopic (exact) mass is 262 g/mol. The lowest BCUT2D eigenvalue weighted by molar-refractivity contribution is -0.129. The van der Waals surface area contributed by atoms with Gasteiger partial charge in [-0.2, -0.15) is 0 Å². The van der Waals surface area contributed by atoms with Gasteiger partial charge in [0, 0.05) is 18.0 Å². The average Bonchev–Trinajstić information content (AvgIpc) is 2.27. The van der Waals surface area contributed by atoms with Crippen LogP contribution < -0.4 is 10.6 Å². The Morgan fingerprint density at radius 3 is 2.37 bits per heavy atom. The highest BCUT2D eigenvalue weighted by Gasteiger charge is 2.22. The van der Waals surface area contributed by atoms with Crippen LogP contribution in [0.3, 0.4) is 0 Å². The molecule has 0 saturated heterocycles. The minimum atomic E-state index is -0.413. The van der Waals surface area contributed by atoms with Gasteiger partial charge >= 0.3 is 0 Å². The van der Waals surface area contributed by atoms with Crippen molar-refractivity contribution >= 4 is 17.5 Å². The molecule has 0 bridgehead atoms. The lowest BCUT2D eigenvalue weighted by atomic mass is 9.94. The van der Waals surface area contributed by atoms with Crippen LogP contribution in [0.25, 0.3) is 0 Å². The highest BCUT2D eigenvalue weighted by Crippen LogP contribution is 2.20. The van der Waals surface area contributed by atoms with Crippen LogP contribution in [-0.2, 0) is 9.59 Å². The molecule has 4 heteroatoms. The maximum Gasteiger partial charge on any atom is 0.225 e. The predicted molar refractivity (Wildman–Crippen MR) is 76.8 cm³/mol. The summed E-state index contributed by atoms with van der Waals surface area (Å²) in [7, 11) is 0. The van der Waals surface area contributed by atoms with Crippen LogP contribution in [0.4, 0.5) is 5.69 Å². The zero-order valence-corrected chi connectivity index (χ0v) is 12.2. The molecule has 0 aromatic heterocycles. The van der Waals surface area contributed by atoms with Crippen molar-refractivity contribution in [3.63, 3.8) is 0 Å². The molecule has 19 heavy (non-hydrogen) atoms. The molecule has 1 atom stereocenters. The molecule has 1 rings (SSSR count). The van der Waals surface area contributed by atoms with E-state index in [0.717, 1.165) is 11.3 Å². The number of hydrogen-bond acceptors (Lipinski definition) is 2. The van der Waals surface area contributed by atoms with Crippen molar-refractivity contribution in [2.24, 2.45) is 5.41 Å². The van der Waals surface area contributed by atoms with Gasteiger partial charge in [0.05, 0.1) is 6.04 Å². The molecular formula is C15H22N2O2. The fourth-order valence-electron chi connectivity index (χ4n) is 1.59. The Morgan fingerprint density at radius 1 is 1.21 bits per heavy atom. The smallest absolute Gasteiger partial charge is 0.225 e. The summed E-state index contributed by atoms with van der Waals surface area (Å²) in [6, 6.07) is 7.39. The average molecular weight is 262 g/mol. The lowest BCUT2D eigenvalue weighted by Gasteiger charge is -2.22. The minimum Gasteiger partial charge on any atom is -0.349 e. The molecule has 1 unspecified atom stereocenters. The molecule has 0 heterocycles. The zero-order valence-electron chi connectivity index (χ0n) is 12.2. The molecule has 0 aliphatic carbocycles. The number of carbonyl (C=O) groups is 2. The largest absolute Gasteiger partial charge is 0.349 e. The van der Waals surface area contributed by atoms with Crippen molar-refractivity contribution in [1.29, 1.82) is 0 Å². The van der Waals surface area contributed by atoms with Crippen molar-refractivity contribution in [2.45, 2.75) is 40.7 Å². The Bertz CT molecular complexity index is 475. The Labute approximate surface area is 114 Å². The number of benzene rings is 1. The number of amides is 2. The first-order valence-electron chi connectivity index (χ1n) is 6.38. The van der Waals surface area contributed by atoms with Crippen molar-refractivity contribution < 1.29 is 9.59 Å². The molecule has 2 amide bonds. The van der Waals surface area contributed by atoms with Crippen LogP contribution in [-0.4, -0.2) is 11.8 Å². The Morgan fingerprint density at radius 2 is 1.84 bits per heavy atom. The van der Waals surface area contributed by atoms with Crippen molar-refractivity contribution in [2.75, 3.05) is 5.32 Å². The van der Waals surface area contributed by atoms with Crippen molar-refractivity contribution in [3.05, 3.63) is 29.8 Å². The lowest BCUT2D eigenvalue weighted by Crippen LogP contribution is -2.36. The van der Waals surface area contributed by atoms with Gasteiger partial charge in [0.15, 0.2) is 0 Å². The van der Waals surface area contributed by atoms with Gasteiger partial charge in [-0.15, -0.1) is 0 Å². The van der Waals surface area contributed by atoms with E-state index < -0.39 is 5.41 Å². The van der Waals surface area contributed by atoms with E-state index >= 15 is 0 Å². The van der Waals surface area contributed by atoms with Gasteiger partial charge in [-0.05, 0) is 24.6 Å². The number of hydrogen-bond donors (Lipinski definition) is 2. The molecule has 2 N–H and O–H groups in total. The molecule has 0 radical (unpaired) electrons. The summed E-state index contributed by atoms with van der Waals surface area (Å²) < 4.78 is 0. The highest BCUT2D eigenvalue weighted by molar-refractivity contribution is 5.88. The topological polar surface area (TPSA) is 58.2 Å². The van der Waals surface area contributed by atoms with Crippen LogP contribution in [0.2, 0.25) is 0 Å². The molecule has 0 aliphatic heterocycles. The summed E-state index contributed by atoms with van der Waals surface area (Å²) >= 11 is 0. The second kappa shape index (κ2) is 5.87. The van der Waals surface area contributed by atoms with E-state index in [0.29, 0.717) is 0 Å². The second-order valence-corrected chi connectivity index (χ2v) is 5.75. The third-order valence-corrected chi connectivity index (χ3v) is 2.74. The minimum absolute atomic E-state index is 0.00456. The first-order chi connectivity index (χ1) is 8.70. The molecule has 0 fully saturated rings. The quantitative estimate of drug-likeness (QED) is 0.880. The van der Waals surface area contributed by atoms with Gasteiger partial charge in [0.2, 0.25) is 11.8 Å². The number of anilines is 1. The third kappa shape index (κ3) is 4.73. The molecule has 4 nitrogen and oxygen atoms in total. The molecular weight excluding hydrogens is 240 g/mol. The van der Waals surface area contributed by atoms with Crippen LogP contribution in [0, 0.1) is 5.41 Å². The van der Waals surface area contributed by atoms with E-state index in [4.69, 9.17) is 0 Å². The normalized spacial score (nSPS) is 12.7. The van der Waals surface area contributed by atoms with Gasteiger partial charge in [0.1, 0.15) is 0 Å². The van der Waals surface area contributed by atoms with E-state index in [1.54, 1.807) is 0 Å². The molecule has 104 valence electrons. The fourth-order valence-corrected chi connectivity index (χ4v) is 1.59. The Hall–Kier alpha value is -1.84. The number of rotatable bonds is 3. The van der Waals surface area contributed by atoms with Gasteiger partial charge in [-0.25, -0.2) is 0 Å². The Kier molecular flexibility index (Phi) is 4.70. The summed E-state index contributed by atoms with van der Waals surface area (Å²) in [5.41, 5.74) is 1.29. The Balaban J connectivity index is 2.80. The summed E-state index contributed by atoms with van der Waals surface area (Å²) in [5, 5.41) is 5.70. The first kappa shape index (κ1) is 15.2. The van der Waals surface area contributed by atoms with Crippen molar-refractivity contribution in [3.8, 4) is 0 Å². The van der Waals surface area contributed by atoms with Gasteiger partial charge in [0.25, 0.3) is 0 Å². The van der Waals surface area contributed by atoms with Crippen molar-refractivity contribution in [1.82, 2.24) is 5.32 Å². The van der Waals surface area contributed by atoms with Gasteiger partial charge < -0.3 is 10.6 Å². The van der Waals surface area contributed by atoms with E-state index in [1.165, 1.54) is 6.92 Å². The van der Waals surface area contributed by atoms with E-state index in [9.17, 15) is 9.59 Å². The second-order valence-electron chi connectivity index (χ2n) is 5.75. The first-order valence-corrected chi connectivity index (χ1v) is 6.38. The van der Waals surface area contributed by atoms with Crippen LogP contribution in [0.1, 0.15) is 46.2 Å². The van der Waals surface area contributed by atoms with E-state index in [2.05, 4.69) is 10.6 Å². The summed E-state index contributed by atoms with van der Waals surface area (Å²) in [6.45, 7) is 9.03. The standard InChI is InChI=1S/C15H22N2O2/c1-10(16-14(19)15(3,4)5)12-7-6-8-13(9-12)17-11(2)18/h6-10H,1-5H3,(H,16,19)(H,17,18). The van der Waals surface area contributed by atoms with E-state index in [1.807, 2.05) is 52.0 Å². The molecule has 1 aromatic carbocycles. The highest BCUT2D eigenvalue weighted by atomic mass is 16.2.